The van der Waals surface area contributed by atoms with Crippen LogP contribution in [0.2, 0.25) is 0 Å². The van der Waals surface area contributed by atoms with E-state index in [0.29, 0.717) is 12.4 Å². The predicted molar refractivity (Wildman–Crippen MR) is 86.1 cm³/mol. The van der Waals surface area contributed by atoms with E-state index < -0.39 is 0 Å². The maximum atomic E-state index is 12.7. The molecule has 2 aromatic rings. The van der Waals surface area contributed by atoms with Crippen molar-refractivity contribution >= 4 is 11.7 Å². The van der Waals surface area contributed by atoms with Crippen LogP contribution in [0.25, 0.3) is 0 Å². The van der Waals surface area contributed by atoms with E-state index >= 15 is 0 Å². The lowest BCUT2D eigenvalue weighted by molar-refractivity contribution is -0.121. The molecule has 1 aromatic heterocycles. The molecular weight excluding hydrogens is 292 g/mol. The van der Waals surface area contributed by atoms with E-state index in [4.69, 9.17) is 4.74 Å². The largest absolute Gasteiger partial charge is 0.493 e. The smallest absolute Gasteiger partial charge is 0.230 e. The zero-order valence-electron chi connectivity index (χ0n) is 13.3. The fourth-order valence-electron chi connectivity index (χ4n) is 3.80. The van der Waals surface area contributed by atoms with Gasteiger partial charge in [0.05, 0.1) is 12.5 Å². The van der Waals surface area contributed by atoms with Gasteiger partial charge in [0, 0.05) is 43.4 Å². The highest BCUT2D eigenvalue weighted by Crippen LogP contribution is 2.46. The highest BCUT2D eigenvalue weighted by Gasteiger charge is 2.47. The van der Waals surface area contributed by atoms with Crippen molar-refractivity contribution in [3.63, 3.8) is 0 Å². The van der Waals surface area contributed by atoms with E-state index in [-0.39, 0.29) is 23.8 Å². The molecule has 120 valence electrons. The van der Waals surface area contributed by atoms with Gasteiger partial charge in [-0.2, -0.15) is 5.10 Å². The molecule has 0 radical (unpaired) electrons. The number of fused-ring (bicyclic) bond motifs is 3. The van der Waals surface area contributed by atoms with Gasteiger partial charge in [0.15, 0.2) is 5.82 Å². The molecule has 1 saturated heterocycles. The summed E-state index contributed by atoms with van der Waals surface area (Å²) in [6.07, 6.45) is 1.82. The molecule has 1 N–H and O–H groups in total. The predicted octanol–water partition coefficient (Wildman–Crippen LogP) is 1.67. The first-order valence-corrected chi connectivity index (χ1v) is 7.86. The summed E-state index contributed by atoms with van der Waals surface area (Å²) < 4.78 is 7.57. The molecule has 1 fully saturated rings. The van der Waals surface area contributed by atoms with Crippen LogP contribution in [0.3, 0.4) is 0 Å². The third kappa shape index (κ3) is 2.39. The number of benzene rings is 1. The summed E-state index contributed by atoms with van der Waals surface area (Å²) in [6.45, 7) is 1.30. The highest BCUT2D eigenvalue weighted by molar-refractivity contribution is 5.92. The second kappa shape index (κ2) is 5.38. The zero-order valence-corrected chi connectivity index (χ0v) is 13.3. The first kappa shape index (κ1) is 14.3. The molecule has 1 aromatic carbocycles. The topological polar surface area (TPSA) is 59.4 Å². The maximum Gasteiger partial charge on any atom is 0.230 e. The Balaban J connectivity index is 1.57. The minimum absolute atomic E-state index is 0.0195. The van der Waals surface area contributed by atoms with Crippen molar-refractivity contribution in [3.8, 4) is 5.75 Å². The molecule has 6 nitrogen and oxygen atoms in total. The highest BCUT2D eigenvalue weighted by atomic mass is 16.5. The SMILES string of the molecule is CN1C[C@@H](C(=O)Nc2ccn(C)n2)[C@@H]2COc3ccccc3[C@@H]21. The van der Waals surface area contributed by atoms with E-state index in [2.05, 4.69) is 28.4 Å². The van der Waals surface area contributed by atoms with Crippen LogP contribution < -0.4 is 10.1 Å². The molecule has 2 aliphatic rings. The molecule has 3 heterocycles. The van der Waals surface area contributed by atoms with Gasteiger partial charge < -0.3 is 10.1 Å². The van der Waals surface area contributed by atoms with Crippen molar-refractivity contribution in [2.75, 3.05) is 25.5 Å². The molecule has 4 rings (SSSR count). The molecule has 0 aliphatic carbocycles. The number of anilines is 1. The van der Waals surface area contributed by atoms with Gasteiger partial charge in [0.2, 0.25) is 5.91 Å². The van der Waals surface area contributed by atoms with Crippen LogP contribution in [-0.2, 0) is 11.8 Å². The molecule has 1 amide bonds. The average molecular weight is 312 g/mol. The van der Waals surface area contributed by atoms with Gasteiger partial charge in [-0.3, -0.25) is 14.4 Å². The van der Waals surface area contributed by atoms with Gasteiger partial charge in [-0.15, -0.1) is 0 Å². The summed E-state index contributed by atoms with van der Waals surface area (Å²) in [4.78, 5) is 15.0. The lowest BCUT2D eigenvalue weighted by Gasteiger charge is -2.32. The zero-order chi connectivity index (χ0) is 16.0. The van der Waals surface area contributed by atoms with E-state index in [1.54, 1.807) is 10.7 Å². The summed E-state index contributed by atoms with van der Waals surface area (Å²) >= 11 is 0. The first-order chi connectivity index (χ1) is 11.1. The van der Waals surface area contributed by atoms with Crippen LogP contribution >= 0.6 is 0 Å². The summed E-state index contributed by atoms with van der Waals surface area (Å²) in [5.41, 5.74) is 1.18. The summed E-state index contributed by atoms with van der Waals surface area (Å²) in [5.74, 6) is 1.62. The quantitative estimate of drug-likeness (QED) is 0.916. The number of carbonyl (C=O) groups is 1. The van der Waals surface area contributed by atoms with Crippen molar-refractivity contribution in [1.29, 1.82) is 0 Å². The van der Waals surface area contributed by atoms with Gasteiger partial charge in [-0.25, -0.2) is 0 Å². The van der Waals surface area contributed by atoms with Crippen LogP contribution in [0.4, 0.5) is 5.82 Å². The van der Waals surface area contributed by atoms with E-state index in [0.717, 1.165) is 12.3 Å². The molecule has 0 bridgehead atoms. The van der Waals surface area contributed by atoms with E-state index in [9.17, 15) is 4.79 Å². The van der Waals surface area contributed by atoms with E-state index in [1.807, 2.05) is 31.4 Å². The number of para-hydroxylation sites is 1. The molecule has 3 atom stereocenters. The standard InChI is InChI=1S/C17H20N4O2/c1-20-9-12(17(22)18-15-7-8-21(2)19-15)13-10-23-14-6-4-3-5-11(14)16(13)20/h3-8,12-13,16H,9-10H2,1-2H3,(H,18,19,22)/t12-,13+,16+/m1/s1. The summed E-state index contributed by atoms with van der Waals surface area (Å²) in [5, 5.41) is 7.15. The number of likely N-dealkylation sites (tertiary alicyclic amines) is 1. The van der Waals surface area contributed by atoms with Crippen LogP contribution in [0.5, 0.6) is 5.75 Å². The van der Waals surface area contributed by atoms with Gasteiger partial charge >= 0.3 is 0 Å². The number of ether oxygens (including phenoxy) is 1. The third-order valence-corrected chi connectivity index (χ3v) is 4.85. The van der Waals surface area contributed by atoms with Crippen LogP contribution in [-0.4, -0.2) is 40.8 Å². The van der Waals surface area contributed by atoms with Crippen LogP contribution in [0.1, 0.15) is 11.6 Å². The number of carbonyl (C=O) groups excluding carboxylic acids is 1. The third-order valence-electron chi connectivity index (χ3n) is 4.85. The Bertz CT molecular complexity index is 742. The first-order valence-electron chi connectivity index (χ1n) is 7.86. The number of nitrogens with one attached hydrogen (secondary N) is 1. The van der Waals surface area contributed by atoms with Gasteiger partial charge in [-0.1, -0.05) is 18.2 Å². The van der Waals surface area contributed by atoms with Gasteiger partial charge in [0.1, 0.15) is 5.75 Å². The number of aromatic nitrogens is 2. The van der Waals surface area contributed by atoms with Crippen molar-refractivity contribution in [3.05, 3.63) is 42.1 Å². The Labute approximate surface area is 135 Å². The Kier molecular flexibility index (Phi) is 3.34. The van der Waals surface area contributed by atoms with E-state index in [1.165, 1.54) is 5.56 Å². The average Bonchev–Trinajstić information content (AvgIpc) is 3.11. The number of aryl methyl sites for hydroxylation is 1. The number of hydrogen-bond donors (Lipinski definition) is 1. The molecule has 0 unspecified atom stereocenters. The number of rotatable bonds is 2. The second-order valence-corrected chi connectivity index (χ2v) is 6.37. The Morgan fingerprint density at radius 1 is 1.30 bits per heavy atom. The lowest BCUT2D eigenvalue weighted by atomic mass is 9.85. The molecule has 0 saturated carbocycles. The second-order valence-electron chi connectivity index (χ2n) is 6.37. The Hall–Kier alpha value is -2.34. The molecule has 23 heavy (non-hydrogen) atoms. The maximum absolute atomic E-state index is 12.7. The van der Waals surface area contributed by atoms with Crippen LogP contribution in [0.15, 0.2) is 36.5 Å². The number of nitrogens with zero attached hydrogens (tertiary/aromatic N) is 3. The molecule has 6 heteroatoms. The Morgan fingerprint density at radius 3 is 2.91 bits per heavy atom. The monoisotopic (exact) mass is 312 g/mol. The minimum Gasteiger partial charge on any atom is -0.493 e. The fourth-order valence-corrected chi connectivity index (χ4v) is 3.80. The summed E-state index contributed by atoms with van der Waals surface area (Å²) in [6, 6.07) is 10.2. The van der Waals surface area contributed by atoms with Crippen LogP contribution in [0, 0.1) is 11.8 Å². The van der Waals surface area contributed by atoms with Crippen molar-refractivity contribution in [1.82, 2.24) is 14.7 Å². The number of amides is 1. The molecule has 0 spiro atoms. The lowest BCUT2D eigenvalue weighted by Crippen LogP contribution is -2.34. The normalized spacial score (nSPS) is 26.3. The van der Waals surface area contributed by atoms with Crippen molar-refractivity contribution in [2.24, 2.45) is 18.9 Å². The number of hydrogen-bond acceptors (Lipinski definition) is 4. The Morgan fingerprint density at radius 2 is 2.13 bits per heavy atom. The van der Waals surface area contributed by atoms with Crippen molar-refractivity contribution < 1.29 is 9.53 Å². The summed E-state index contributed by atoms with van der Waals surface area (Å²) in [7, 11) is 3.91. The minimum atomic E-state index is -0.0969. The fraction of sp³-hybridized carbons (Fsp3) is 0.412. The van der Waals surface area contributed by atoms with Crippen molar-refractivity contribution in [2.45, 2.75) is 6.04 Å². The molecule has 2 aliphatic heterocycles. The van der Waals surface area contributed by atoms with Gasteiger partial charge in [-0.05, 0) is 13.1 Å². The molecular formula is C17H20N4O2. The van der Waals surface area contributed by atoms with Gasteiger partial charge in [0.25, 0.3) is 0 Å².